The van der Waals surface area contributed by atoms with E-state index < -0.39 is 79.2 Å². The summed E-state index contributed by atoms with van der Waals surface area (Å²) in [6.07, 6.45) is -9.94. The van der Waals surface area contributed by atoms with Crippen molar-refractivity contribution in [1.82, 2.24) is 14.6 Å². The average molecular weight is 648 g/mol. The van der Waals surface area contributed by atoms with Gasteiger partial charge in [-0.3, -0.25) is 23.7 Å². The normalized spacial score (nSPS) is 24.3. The Balaban J connectivity index is 1.69. The molecule has 2 heterocycles. The van der Waals surface area contributed by atoms with E-state index in [0.29, 0.717) is 15.3 Å². The fraction of sp³-hybridized carbons (Fsp3) is 0.423. The highest BCUT2D eigenvalue weighted by atomic mass is 35.5. The number of fused-ring (bicyclic) bond motifs is 1. The maximum absolute atomic E-state index is 14.6. The molecule has 1 aliphatic heterocycles. The van der Waals surface area contributed by atoms with Crippen molar-refractivity contribution >= 4 is 36.1 Å². The molecule has 0 bridgehead atoms. The zero-order chi connectivity index (χ0) is 31.7. The molecule has 0 spiro atoms. The molecule has 0 saturated carbocycles. The van der Waals surface area contributed by atoms with Crippen LogP contribution < -0.4 is 20.9 Å². The number of aliphatic hydroxyl groups is 2. The van der Waals surface area contributed by atoms with Gasteiger partial charge in [0.15, 0.2) is 11.8 Å². The number of hydrogen-bond acceptors (Lipinski definition) is 10. The van der Waals surface area contributed by atoms with Gasteiger partial charge in [-0.2, -0.15) is 5.09 Å². The summed E-state index contributed by atoms with van der Waals surface area (Å²) >= 11 is 5.75. The number of aromatic amines is 1. The Morgan fingerprint density at radius 2 is 1.86 bits per heavy atom. The quantitative estimate of drug-likeness (QED) is 0.178. The number of aromatic nitrogens is 2. The number of carbonyl (C=O) groups is 1. The Bertz CT molecular complexity index is 1650. The van der Waals surface area contributed by atoms with Crippen LogP contribution in [-0.2, 0) is 23.4 Å². The zero-order valence-corrected chi connectivity index (χ0v) is 24.6. The third-order valence-corrected chi connectivity index (χ3v) is 8.39. The fourth-order valence-corrected chi connectivity index (χ4v) is 6.05. The molecule has 3 aromatic rings. The Kier molecular flexibility index (Phi) is 9.76. The molecule has 43 heavy (non-hydrogen) atoms. The second-order valence-corrected chi connectivity index (χ2v) is 12.1. The first-order valence-corrected chi connectivity index (χ1v) is 14.8. The van der Waals surface area contributed by atoms with Gasteiger partial charge in [0, 0.05) is 11.6 Å². The van der Waals surface area contributed by atoms with E-state index >= 15 is 0 Å². The summed E-state index contributed by atoms with van der Waals surface area (Å²) in [5, 5.41) is 24.3. The molecular weight excluding hydrogens is 619 g/mol. The van der Waals surface area contributed by atoms with Crippen LogP contribution in [0.25, 0.3) is 10.8 Å². The minimum Gasteiger partial charge on any atom is -0.462 e. The number of esters is 1. The van der Waals surface area contributed by atoms with Gasteiger partial charge in [-0.25, -0.2) is 18.1 Å². The van der Waals surface area contributed by atoms with Gasteiger partial charge in [0.2, 0.25) is 0 Å². The number of nitrogens with one attached hydrogen (secondary N) is 2. The number of H-pyrrole nitrogens is 1. The summed E-state index contributed by atoms with van der Waals surface area (Å²) in [4.78, 5) is 38.3. The van der Waals surface area contributed by atoms with Crippen LogP contribution in [0.2, 0.25) is 5.02 Å². The predicted octanol–water partition coefficient (Wildman–Crippen LogP) is 2.73. The molecule has 4 rings (SSSR count). The number of halogens is 3. The van der Waals surface area contributed by atoms with Gasteiger partial charge in [0.1, 0.15) is 29.0 Å². The first-order chi connectivity index (χ1) is 20.2. The number of aliphatic hydroxyl groups excluding tert-OH is 2. The minimum absolute atomic E-state index is 0.00434. The molecular formula is C26H29ClF2N3O10P. The van der Waals surface area contributed by atoms with Gasteiger partial charge < -0.3 is 24.2 Å². The van der Waals surface area contributed by atoms with E-state index in [1.54, 1.807) is 50.2 Å². The number of benzene rings is 2. The summed E-state index contributed by atoms with van der Waals surface area (Å²) in [6.45, 7) is 3.08. The lowest BCUT2D eigenvalue weighted by Crippen LogP contribution is -2.53. The maximum atomic E-state index is 14.6. The lowest BCUT2D eigenvalue weighted by Gasteiger charge is -2.32. The molecule has 0 aliphatic carbocycles. The number of rotatable bonds is 11. The van der Waals surface area contributed by atoms with Crippen molar-refractivity contribution in [2.24, 2.45) is 0 Å². The third-order valence-electron chi connectivity index (χ3n) is 6.51. The van der Waals surface area contributed by atoms with Crippen molar-refractivity contribution in [2.45, 2.75) is 63.4 Å². The number of carbonyl (C=O) groups excluding carboxylic acids is 1. The third kappa shape index (κ3) is 6.83. The molecule has 2 aromatic carbocycles. The van der Waals surface area contributed by atoms with Crippen LogP contribution in [0.5, 0.6) is 5.75 Å². The molecule has 1 aliphatic rings. The molecule has 1 fully saturated rings. The largest absolute Gasteiger partial charge is 0.462 e. The molecule has 13 nitrogen and oxygen atoms in total. The Morgan fingerprint density at radius 3 is 2.53 bits per heavy atom. The molecule has 0 radical (unpaired) electrons. The molecule has 1 aromatic heterocycles. The fourth-order valence-electron chi connectivity index (χ4n) is 4.35. The zero-order valence-electron chi connectivity index (χ0n) is 23.0. The van der Waals surface area contributed by atoms with Gasteiger partial charge in [-0.1, -0.05) is 48.0 Å². The van der Waals surface area contributed by atoms with Crippen LogP contribution in [0.4, 0.5) is 8.78 Å². The SMILES string of the molecule is CC(C)OC(=O)[C@H](C)NP(=O)(OC[C@@]1(C(F)F)O[C@@H](n2cc(Cl)c(=O)[nH]c2=O)[C@@H](O)[C@@H]1O)Oc1cccc2ccccc12. The summed E-state index contributed by atoms with van der Waals surface area (Å²) in [6, 6.07) is 10.2. The van der Waals surface area contributed by atoms with E-state index in [9.17, 15) is 37.9 Å². The molecule has 1 unspecified atom stereocenters. The van der Waals surface area contributed by atoms with Crippen molar-refractivity contribution in [2.75, 3.05) is 6.61 Å². The molecule has 1 saturated heterocycles. The van der Waals surface area contributed by atoms with E-state index in [1.165, 1.54) is 13.0 Å². The average Bonchev–Trinajstić information content (AvgIpc) is 3.20. The van der Waals surface area contributed by atoms with Gasteiger partial charge >= 0.3 is 19.4 Å². The monoisotopic (exact) mass is 647 g/mol. The summed E-state index contributed by atoms with van der Waals surface area (Å²) < 4.78 is 65.4. The van der Waals surface area contributed by atoms with Crippen LogP contribution >= 0.6 is 19.3 Å². The van der Waals surface area contributed by atoms with Gasteiger partial charge in [0.25, 0.3) is 12.0 Å². The van der Waals surface area contributed by atoms with E-state index in [4.69, 9.17) is 30.1 Å². The molecule has 0 amide bonds. The number of alkyl halides is 2. The number of nitrogens with zero attached hydrogens (tertiary/aromatic N) is 1. The minimum atomic E-state index is -4.79. The number of hydrogen-bond donors (Lipinski definition) is 4. The second kappa shape index (κ2) is 12.8. The lowest BCUT2D eigenvalue weighted by molar-refractivity contribution is -0.192. The Hall–Kier alpha value is -3.17. The first kappa shape index (κ1) is 32.7. The smallest absolute Gasteiger partial charge is 0.459 e. The topological polar surface area (TPSA) is 178 Å². The van der Waals surface area contributed by atoms with Gasteiger partial charge in [0.05, 0.1) is 12.7 Å². The highest BCUT2D eigenvalue weighted by Crippen LogP contribution is 2.50. The van der Waals surface area contributed by atoms with E-state index in [1.807, 2.05) is 4.98 Å². The van der Waals surface area contributed by atoms with Crippen LogP contribution in [0.15, 0.2) is 58.3 Å². The van der Waals surface area contributed by atoms with Gasteiger partial charge in [-0.05, 0) is 32.2 Å². The molecule has 6 atom stereocenters. The van der Waals surface area contributed by atoms with E-state index in [2.05, 4.69) is 5.09 Å². The highest BCUT2D eigenvalue weighted by molar-refractivity contribution is 7.52. The Labute approximate surface area is 247 Å². The van der Waals surface area contributed by atoms with E-state index in [0.717, 1.165) is 6.20 Å². The summed E-state index contributed by atoms with van der Waals surface area (Å²) in [7, 11) is -4.79. The highest BCUT2D eigenvalue weighted by Gasteiger charge is 2.61. The number of ether oxygens (including phenoxy) is 2. The van der Waals surface area contributed by atoms with E-state index in [-0.39, 0.29) is 5.75 Å². The van der Waals surface area contributed by atoms with Crippen molar-refractivity contribution in [3.05, 3.63) is 74.5 Å². The molecule has 4 N–H and O–H groups in total. The van der Waals surface area contributed by atoms with Crippen LogP contribution in [0.1, 0.15) is 27.0 Å². The van der Waals surface area contributed by atoms with Crippen molar-refractivity contribution < 1.29 is 46.9 Å². The van der Waals surface area contributed by atoms with Crippen LogP contribution in [-0.4, -0.2) is 68.7 Å². The lowest BCUT2D eigenvalue weighted by atomic mass is 9.96. The summed E-state index contributed by atoms with van der Waals surface area (Å²) in [5.74, 6) is -0.851. The summed E-state index contributed by atoms with van der Waals surface area (Å²) in [5.41, 5.74) is -5.24. The predicted molar refractivity (Wildman–Crippen MR) is 149 cm³/mol. The van der Waals surface area contributed by atoms with Crippen molar-refractivity contribution in [1.29, 1.82) is 0 Å². The van der Waals surface area contributed by atoms with Crippen LogP contribution in [0, 0.1) is 0 Å². The molecule has 234 valence electrons. The van der Waals surface area contributed by atoms with Gasteiger partial charge in [-0.15, -0.1) is 0 Å². The first-order valence-electron chi connectivity index (χ1n) is 12.9. The molecule has 17 heteroatoms. The van der Waals surface area contributed by atoms with Crippen molar-refractivity contribution in [3.8, 4) is 5.75 Å². The standard InChI is InChI=1S/C26H29ClF2N3O10P/c1-13(2)40-23(36)14(3)31-43(38,42-18-10-6-8-15-7-4-5-9-16(15)18)39-12-26(24(28)29)20(34)19(33)22(41-26)32-11-17(27)21(35)30-25(32)37/h4-11,13-14,19-20,22,24,33-34H,12H2,1-3H3,(H,31,38)(H,30,35,37)/t14-,19-,20-,22+,26+,43?/m0/s1. The second-order valence-electron chi connectivity index (χ2n) is 10.0. The Morgan fingerprint density at radius 1 is 1.19 bits per heavy atom. The maximum Gasteiger partial charge on any atom is 0.459 e. The van der Waals surface area contributed by atoms with Crippen LogP contribution in [0.3, 0.4) is 0 Å². The van der Waals surface area contributed by atoms with Crippen molar-refractivity contribution in [3.63, 3.8) is 0 Å².